The summed E-state index contributed by atoms with van der Waals surface area (Å²) in [6, 6.07) is 6.24. The van der Waals surface area contributed by atoms with Gasteiger partial charge in [-0.25, -0.2) is 5.43 Å². The van der Waals surface area contributed by atoms with E-state index in [2.05, 4.69) is 22.7 Å². The Morgan fingerprint density at radius 2 is 2.33 bits per heavy atom. The minimum Gasteiger partial charge on any atom is -0.508 e. The first-order chi connectivity index (χ1) is 8.74. The third kappa shape index (κ3) is 1.90. The molecular formula is C14H14N2O2. The first kappa shape index (κ1) is 11.0. The number of carbonyl (C=O) groups excluding carboxylic acids is 1. The molecule has 2 atom stereocenters. The number of amides is 1. The van der Waals surface area contributed by atoms with E-state index in [1.54, 1.807) is 12.1 Å². The highest BCUT2D eigenvalue weighted by molar-refractivity contribution is 5.98. The Morgan fingerprint density at radius 3 is 3.11 bits per heavy atom. The molecule has 0 bridgehead atoms. The Hall–Kier alpha value is -2.10. The molecule has 2 N–H and O–H groups in total. The smallest absolute Gasteiger partial charge is 0.271 e. The van der Waals surface area contributed by atoms with Crippen LogP contribution in [0, 0.1) is 11.8 Å². The van der Waals surface area contributed by atoms with Crippen LogP contribution in [0.4, 0.5) is 0 Å². The van der Waals surface area contributed by atoms with E-state index in [9.17, 15) is 9.90 Å². The second-order valence-electron chi connectivity index (χ2n) is 4.73. The predicted octanol–water partition coefficient (Wildman–Crippen LogP) is 2.07. The summed E-state index contributed by atoms with van der Waals surface area (Å²) in [5.41, 5.74) is 4.04. The second-order valence-corrected chi connectivity index (χ2v) is 4.73. The van der Waals surface area contributed by atoms with Crippen LogP contribution in [0.5, 0.6) is 5.75 Å². The maximum atomic E-state index is 11.8. The number of nitrogens with zero attached hydrogens (tertiary/aromatic N) is 1. The topological polar surface area (TPSA) is 61.7 Å². The molecule has 0 unspecified atom stereocenters. The first-order valence-corrected chi connectivity index (χ1v) is 6.06. The molecule has 92 valence electrons. The molecule has 0 aromatic heterocycles. The van der Waals surface area contributed by atoms with Gasteiger partial charge in [-0.15, -0.1) is 0 Å². The number of phenolic OH excluding ortho intramolecular Hbond substituents is 1. The fourth-order valence-electron chi connectivity index (χ4n) is 2.50. The molecule has 0 radical (unpaired) electrons. The van der Waals surface area contributed by atoms with Gasteiger partial charge < -0.3 is 5.11 Å². The van der Waals surface area contributed by atoms with Crippen LogP contribution in [0.2, 0.25) is 0 Å². The number of aromatic hydroxyl groups is 1. The highest BCUT2D eigenvalue weighted by atomic mass is 16.3. The van der Waals surface area contributed by atoms with Crippen molar-refractivity contribution in [3.63, 3.8) is 0 Å². The van der Waals surface area contributed by atoms with Gasteiger partial charge in [-0.2, -0.15) is 5.10 Å². The van der Waals surface area contributed by atoms with Gasteiger partial charge in [0.2, 0.25) is 0 Å². The molecule has 2 aliphatic rings. The molecule has 1 amide bonds. The maximum Gasteiger partial charge on any atom is 0.271 e. The van der Waals surface area contributed by atoms with Gasteiger partial charge in [0, 0.05) is 17.2 Å². The SMILES string of the molecule is O=C(N/N=C1/C[C@H]2C=CC[C@@H]12)c1cccc(O)c1. The van der Waals surface area contributed by atoms with E-state index in [0.29, 0.717) is 17.4 Å². The van der Waals surface area contributed by atoms with Gasteiger partial charge in [0.15, 0.2) is 0 Å². The number of nitrogens with one attached hydrogen (secondary N) is 1. The molecule has 0 spiro atoms. The Balaban J connectivity index is 1.64. The summed E-state index contributed by atoms with van der Waals surface area (Å²) >= 11 is 0. The molecule has 1 aromatic carbocycles. The van der Waals surface area contributed by atoms with Crippen LogP contribution < -0.4 is 5.43 Å². The lowest BCUT2D eigenvalue weighted by Gasteiger charge is -2.31. The van der Waals surface area contributed by atoms with E-state index in [-0.39, 0.29) is 11.7 Å². The molecule has 0 saturated heterocycles. The van der Waals surface area contributed by atoms with Crippen molar-refractivity contribution in [3.05, 3.63) is 42.0 Å². The molecule has 3 rings (SSSR count). The number of fused-ring (bicyclic) bond motifs is 1. The lowest BCUT2D eigenvalue weighted by molar-refractivity contribution is 0.0953. The highest BCUT2D eigenvalue weighted by Gasteiger charge is 2.37. The van der Waals surface area contributed by atoms with Crippen LogP contribution in [-0.2, 0) is 0 Å². The van der Waals surface area contributed by atoms with Crippen LogP contribution in [0.3, 0.4) is 0 Å². The molecule has 1 fully saturated rings. The fraction of sp³-hybridized carbons (Fsp3) is 0.286. The van der Waals surface area contributed by atoms with Crippen LogP contribution in [0.1, 0.15) is 23.2 Å². The van der Waals surface area contributed by atoms with Crippen molar-refractivity contribution in [1.29, 1.82) is 0 Å². The lowest BCUT2D eigenvalue weighted by Crippen LogP contribution is -2.35. The molecule has 4 heteroatoms. The zero-order chi connectivity index (χ0) is 12.5. The van der Waals surface area contributed by atoms with Crippen molar-refractivity contribution in [2.45, 2.75) is 12.8 Å². The summed E-state index contributed by atoms with van der Waals surface area (Å²) in [6.07, 6.45) is 6.38. The van der Waals surface area contributed by atoms with Gasteiger partial charge in [0.1, 0.15) is 5.75 Å². The van der Waals surface area contributed by atoms with Crippen LogP contribution in [-0.4, -0.2) is 16.7 Å². The fourth-order valence-corrected chi connectivity index (χ4v) is 2.50. The summed E-state index contributed by atoms with van der Waals surface area (Å²) in [6.45, 7) is 0. The van der Waals surface area contributed by atoms with E-state index in [1.165, 1.54) is 12.1 Å². The molecule has 1 aromatic rings. The number of hydrogen-bond acceptors (Lipinski definition) is 3. The third-order valence-electron chi connectivity index (χ3n) is 3.57. The predicted molar refractivity (Wildman–Crippen MR) is 68.4 cm³/mol. The number of phenols is 1. The number of rotatable bonds is 2. The Bertz CT molecular complexity index is 548. The standard InChI is InChI=1S/C14H14N2O2/c17-11-5-1-4-10(7-11)14(18)16-15-13-8-9-3-2-6-12(9)13/h1-5,7,9,12,17H,6,8H2,(H,16,18)/b15-13-/t9-,12-/m1/s1. The van der Waals surface area contributed by atoms with Gasteiger partial charge in [-0.3, -0.25) is 4.79 Å². The Morgan fingerprint density at radius 1 is 1.44 bits per heavy atom. The van der Waals surface area contributed by atoms with Crippen molar-refractivity contribution >= 4 is 11.6 Å². The molecule has 18 heavy (non-hydrogen) atoms. The largest absolute Gasteiger partial charge is 0.508 e. The van der Waals surface area contributed by atoms with Crippen molar-refractivity contribution in [1.82, 2.24) is 5.43 Å². The molecule has 2 aliphatic carbocycles. The molecular weight excluding hydrogens is 228 g/mol. The number of hydrazone groups is 1. The van der Waals surface area contributed by atoms with E-state index in [0.717, 1.165) is 18.6 Å². The highest BCUT2D eigenvalue weighted by Crippen LogP contribution is 2.40. The van der Waals surface area contributed by atoms with E-state index >= 15 is 0 Å². The lowest BCUT2D eigenvalue weighted by atomic mass is 9.74. The summed E-state index contributed by atoms with van der Waals surface area (Å²) in [5, 5.41) is 13.5. The summed E-state index contributed by atoms with van der Waals surface area (Å²) in [5.74, 6) is 0.919. The Kier molecular flexibility index (Phi) is 2.63. The molecule has 1 saturated carbocycles. The van der Waals surface area contributed by atoms with Crippen LogP contribution in [0.25, 0.3) is 0 Å². The van der Waals surface area contributed by atoms with Gasteiger partial charge >= 0.3 is 0 Å². The number of allylic oxidation sites excluding steroid dienone is 2. The number of carbonyl (C=O) groups is 1. The first-order valence-electron chi connectivity index (χ1n) is 6.06. The van der Waals surface area contributed by atoms with Gasteiger partial charge in [0.25, 0.3) is 5.91 Å². The zero-order valence-electron chi connectivity index (χ0n) is 9.84. The normalized spacial score (nSPS) is 26.8. The van der Waals surface area contributed by atoms with Gasteiger partial charge in [0.05, 0.1) is 0 Å². The average molecular weight is 242 g/mol. The molecule has 0 heterocycles. The van der Waals surface area contributed by atoms with E-state index < -0.39 is 0 Å². The number of benzene rings is 1. The van der Waals surface area contributed by atoms with Gasteiger partial charge in [-0.1, -0.05) is 18.2 Å². The minimum atomic E-state index is -0.284. The second kappa shape index (κ2) is 4.29. The van der Waals surface area contributed by atoms with E-state index in [4.69, 9.17) is 0 Å². The minimum absolute atomic E-state index is 0.0824. The van der Waals surface area contributed by atoms with Crippen LogP contribution in [0.15, 0.2) is 41.5 Å². The van der Waals surface area contributed by atoms with E-state index in [1.807, 2.05) is 0 Å². The summed E-state index contributed by atoms with van der Waals surface area (Å²) in [4.78, 5) is 11.8. The summed E-state index contributed by atoms with van der Waals surface area (Å²) < 4.78 is 0. The third-order valence-corrected chi connectivity index (χ3v) is 3.57. The molecule has 4 nitrogen and oxygen atoms in total. The zero-order valence-corrected chi connectivity index (χ0v) is 9.84. The quantitative estimate of drug-likeness (QED) is 0.616. The summed E-state index contributed by atoms with van der Waals surface area (Å²) in [7, 11) is 0. The van der Waals surface area contributed by atoms with Crippen molar-refractivity contribution in [2.24, 2.45) is 16.9 Å². The average Bonchev–Trinajstić information content (AvgIpc) is 2.71. The van der Waals surface area contributed by atoms with Crippen molar-refractivity contribution < 1.29 is 9.90 Å². The number of hydrogen-bond donors (Lipinski definition) is 2. The molecule has 0 aliphatic heterocycles. The maximum absolute atomic E-state index is 11.8. The van der Waals surface area contributed by atoms with Crippen LogP contribution >= 0.6 is 0 Å². The Labute approximate surface area is 105 Å². The van der Waals surface area contributed by atoms with Crippen molar-refractivity contribution in [2.75, 3.05) is 0 Å². The van der Waals surface area contributed by atoms with Crippen molar-refractivity contribution in [3.8, 4) is 5.75 Å². The monoisotopic (exact) mass is 242 g/mol. The van der Waals surface area contributed by atoms with Gasteiger partial charge in [-0.05, 0) is 37.0 Å².